The zero-order valence-corrected chi connectivity index (χ0v) is 17.6. The summed E-state index contributed by atoms with van der Waals surface area (Å²) in [5, 5.41) is 3.56. The molecule has 4 aromatic rings. The van der Waals surface area contributed by atoms with Crippen molar-refractivity contribution in [3.05, 3.63) is 89.7 Å². The molecule has 0 radical (unpaired) electrons. The standard InChI is InChI=1S/C23H19FN4O3S/c24-16-11-9-15(10-12-16)14-31-19-7-3-1-5-17(19)22(30)28-27-21(29)13-25-23-26-18-6-2-4-8-20(18)32-23/h1-12H,13-14H2,(H,25,26)(H,27,29)(H,28,30). The summed E-state index contributed by atoms with van der Waals surface area (Å²) < 4.78 is 19.8. The van der Waals surface area contributed by atoms with Crippen LogP contribution in [0.1, 0.15) is 15.9 Å². The van der Waals surface area contributed by atoms with Crippen LogP contribution in [0.3, 0.4) is 0 Å². The first-order valence-corrected chi connectivity index (χ1v) is 10.5. The third-order valence-corrected chi connectivity index (χ3v) is 5.44. The highest BCUT2D eigenvalue weighted by atomic mass is 32.1. The van der Waals surface area contributed by atoms with Gasteiger partial charge in [-0.3, -0.25) is 20.4 Å². The number of nitrogens with one attached hydrogen (secondary N) is 3. The van der Waals surface area contributed by atoms with Crippen molar-refractivity contribution in [2.24, 2.45) is 0 Å². The van der Waals surface area contributed by atoms with E-state index in [1.807, 2.05) is 24.3 Å². The number of hydrogen-bond acceptors (Lipinski definition) is 6. The van der Waals surface area contributed by atoms with Crippen LogP contribution in [-0.2, 0) is 11.4 Å². The first-order chi connectivity index (χ1) is 15.6. The quantitative estimate of drug-likeness (QED) is 0.372. The summed E-state index contributed by atoms with van der Waals surface area (Å²) in [4.78, 5) is 29.0. The Hall–Kier alpha value is -3.98. The molecule has 0 fully saturated rings. The molecule has 4 rings (SSSR count). The van der Waals surface area contributed by atoms with Crippen LogP contribution in [0.4, 0.5) is 9.52 Å². The number of hydrogen-bond donors (Lipinski definition) is 3. The number of benzene rings is 3. The Morgan fingerprint density at radius 2 is 1.69 bits per heavy atom. The van der Waals surface area contributed by atoms with Gasteiger partial charge in [-0.2, -0.15) is 0 Å². The van der Waals surface area contributed by atoms with Gasteiger partial charge in [0.05, 0.1) is 22.3 Å². The number of carbonyl (C=O) groups excluding carboxylic acids is 2. The number of rotatable bonds is 7. The summed E-state index contributed by atoms with van der Waals surface area (Å²) in [6.45, 7) is 0.117. The third-order valence-electron chi connectivity index (χ3n) is 4.45. The minimum atomic E-state index is -0.520. The van der Waals surface area contributed by atoms with Crippen molar-refractivity contribution in [1.82, 2.24) is 15.8 Å². The topological polar surface area (TPSA) is 92.4 Å². The van der Waals surface area contributed by atoms with E-state index in [0.29, 0.717) is 10.9 Å². The van der Waals surface area contributed by atoms with Gasteiger partial charge in [-0.1, -0.05) is 47.7 Å². The zero-order chi connectivity index (χ0) is 22.3. The maximum absolute atomic E-state index is 13.0. The molecule has 7 nitrogen and oxygen atoms in total. The molecule has 0 spiro atoms. The average molecular weight is 450 g/mol. The summed E-state index contributed by atoms with van der Waals surface area (Å²) in [6, 6.07) is 20.2. The van der Waals surface area contributed by atoms with Crippen molar-refractivity contribution in [3.63, 3.8) is 0 Å². The van der Waals surface area contributed by atoms with E-state index < -0.39 is 11.8 Å². The van der Waals surface area contributed by atoms with Gasteiger partial charge in [-0.15, -0.1) is 0 Å². The molecule has 0 bridgehead atoms. The second kappa shape index (κ2) is 9.88. The summed E-state index contributed by atoms with van der Waals surface area (Å²) in [5.41, 5.74) is 6.62. The Bertz CT molecular complexity index is 1210. The number of aromatic nitrogens is 1. The molecule has 9 heteroatoms. The van der Waals surface area contributed by atoms with Crippen molar-refractivity contribution in [1.29, 1.82) is 0 Å². The smallest absolute Gasteiger partial charge is 0.273 e. The van der Waals surface area contributed by atoms with Gasteiger partial charge in [0.25, 0.3) is 11.8 Å². The summed E-state index contributed by atoms with van der Waals surface area (Å²) in [6.07, 6.45) is 0. The van der Waals surface area contributed by atoms with Crippen molar-refractivity contribution in [3.8, 4) is 5.75 Å². The van der Waals surface area contributed by atoms with Crippen LogP contribution in [-0.4, -0.2) is 23.3 Å². The SMILES string of the molecule is O=C(CNc1nc2ccccc2s1)NNC(=O)c1ccccc1OCc1ccc(F)cc1. The number of ether oxygens (including phenoxy) is 1. The van der Waals surface area contributed by atoms with Crippen molar-refractivity contribution < 1.29 is 18.7 Å². The lowest BCUT2D eigenvalue weighted by atomic mass is 10.2. The van der Waals surface area contributed by atoms with Gasteiger partial charge in [-0.05, 0) is 42.0 Å². The Labute approximate surface area is 187 Å². The molecule has 0 saturated carbocycles. The van der Waals surface area contributed by atoms with Gasteiger partial charge >= 0.3 is 0 Å². The predicted octanol–water partition coefficient (Wildman–Crippen LogP) is 3.89. The zero-order valence-electron chi connectivity index (χ0n) is 16.8. The van der Waals surface area contributed by atoms with Gasteiger partial charge in [0, 0.05) is 0 Å². The highest BCUT2D eigenvalue weighted by Crippen LogP contribution is 2.25. The third kappa shape index (κ3) is 5.38. The minimum Gasteiger partial charge on any atom is -0.488 e. The van der Waals surface area contributed by atoms with Crippen LogP contribution in [0.15, 0.2) is 72.8 Å². The highest BCUT2D eigenvalue weighted by Gasteiger charge is 2.13. The first kappa shape index (κ1) is 21.3. The molecular formula is C23H19FN4O3S. The molecule has 3 N–H and O–H groups in total. The summed E-state index contributed by atoms with van der Waals surface area (Å²) >= 11 is 1.44. The van der Waals surface area contributed by atoms with Gasteiger partial charge < -0.3 is 10.1 Å². The summed E-state index contributed by atoms with van der Waals surface area (Å²) in [7, 11) is 0. The van der Waals surface area contributed by atoms with Gasteiger partial charge in [0.2, 0.25) is 0 Å². The number of fused-ring (bicyclic) bond motifs is 1. The molecule has 2 amide bonds. The van der Waals surface area contributed by atoms with Gasteiger partial charge in [-0.25, -0.2) is 9.37 Å². The van der Waals surface area contributed by atoms with Crippen LogP contribution in [0.25, 0.3) is 10.2 Å². The fourth-order valence-electron chi connectivity index (χ4n) is 2.86. The second-order valence-corrected chi connectivity index (χ2v) is 7.78. The number of anilines is 1. The average Bonchev–Trinajstić information content (AvgIpc) is 3.24. The number of para-hydroxylation sites is 2. The normalized spacial score (nSPS) is 10.5. The fourth-order valence-corrected chi connectivity index (χ4v) is 3.73. The fraction of sp³-hybridized carbons (Fsp3) is 0.0870. The molecule has 0 aliphatic heterocycles. The second-order valence-electron chi connectivity index (χ2n) is 6.75. The molecular weight excluding hydrogens is 431 g/mol. The predicted molar refractivity (Wildman–Crippen MR) is 121 cm³/mol. The molecule has 0 aliphatic rings. The van der Waals surface area contributed by atoms with Crippen LogP contribution in [0, 0.1) is 5.82 Å². The lowest BCUT2D eigenvalue weighted by molar-refractivity contribution is -0.120. The molecule has 3 aromatic carbocycles. The summed E-state index contributed by atoms with van der Waals surface area (Å²) in [5.74, 6) is -0.937. The van der Waals surface area contributed by atoms with E-state index >= 15 is 0 Å². The maximum atomic E-state index is 13.0. The first-order valence-electron chi connectivity index (χ1n) is 9.73. The molecule has 1 aromatic heterocycles. The van der Waals surface area contributed by atoms with E-state index in [1.165, 1.54) is 23.5 Å². The van der Waals surface area contributed by atoms with E-state index in [2.05, 4.69) is 21.2 Å². The van der Waals surface area contributed by atoms with Crippen molar-refractivity contribution in [2.75, 3.05) is 11.9 Å². The lowest BCUT2D eigenvalue weighted by Crippen LogP contribution is -2.44. The monoisotopic (exact) mass is 450 g/mol. The van der Waals surface area contributed by atoms with E-state index in [0.717, 1.165) is 15.8 Å². The van der Waals surface area contributed by atoms with Crippen LogP contribution >= 0.6 is 11.3 Å². The van der Waals surface area contributed by atoms with Gasteiger partial charge in [0.1, 0.15) is 18.2 Å². The Morgan fingerprint density at radius 1 is 0.938 bits per heavy atom. The van der Waals surface area contributed by atoms with E-state index in [1.54, 1.807) is 36.4 Å². The molecule has 0 aliphatic carbocycles. The number of amides is 2. The molecule has 0 saturated heterocycles. The van der Waals surface area contributed by atoms with Crippen LogP contribution < -0.4 is 20.9 Å². The van der Waals surface area contributed by atoms with Crippen molar-refractivity contribution >= 4 is 38.5 Å². The lowest BCUT2D eigenvalue weighted by Gasteiger charge is -2.12. The molecule has 1 heterocycles. The largest absolute Gasteiger partial charge is 0.488 e. The Balaban J connectivity index is 1.29. The molecule has 32 heavy (non-hydrogen) atoms. The van der Waals surface area contributed by atoms with Crippen LogP contribution in [0.5, 0.6) is 5.75 Å². The number of nitrogens with zero attached hydrogens (tertiary/aromatic N) is 1. The van der Waals surface area contributed by atoms with Gasteiger partial charge in [0.15, 0.2) is 5.13 Å². The van der Waals surface area contributed by atoms with E-state index in [4.69, 9.17) is 4.74 Å². The number of halogens is 1. The molecule has 0 atom stereocenters. The molecule has 0 unspecified atom stereocenters. The Kier molecular flexibility index (Phi) is 6.57. The number of hydrazine groups is 1. The number of thiazole rings is 1. The van der Waals surface area contributed by atoms with E-state index in [9.17, 15) is 14.0 Å². The maximum Gasteiger partial charge on any atom is 0.273 e. The highest BCUT2D eigenvalue weighted by molar-refractivity contribution is 7.22. The molecule has 162 valence electrons. The Morgan fingerprint density at radius 3 is 2.50 bits per heavy atom. The minimum absolute atomic E-state index is 0.0528. The van der Waals surface area contributed by atoms with E-state index in [-0.39, 0.29) is 24.5 Å². The van der Waals surface area contributed by atoms with Crippen LogP contribution in [0.2, 0.25) is 0 Å². The van der Waals surface area contributed by atoms with Crippen molar-refractivity contribution in [2.45, 2.75) is 6.61 Å². The number of carbonyl (C=O) groups is 2.